The minimum atomic E-state index is -0.581. The maximum atomic E-state index is 13.8. The number of amides is 2. The summed E-state index contributed by atoms with van der Waals surface area (Å²) in [5.74, 6) is -2.25. The summed E-state index contributed by atoms with van der Waals surface area (Å²) >= 11 is 5.93. The number of piperidine rings is 1. The first kappa shape index (κ1) is 18.3. The van der Waals surface area contributed by atoms with Gasteiger partial charge in [0.15, 0.2) is 0 Å². The molecule has 26 heavy (non-hydrogen) atoms. The first-order chi connectivity index (χ1) is 12.5. The topological polar surface area (TPSA) is 49.4 Å². The monoisotopic (exact) mass is 378 g/mol. The number of likely N-dealkylation sites (tertiary alicyclic amines) is 1. The third-order valence-corrected chi connectivity index (χ3v) is 4.69. The molecule has 7 heteroatoms. The molecule has 0 radical (unpaired) electrons. The van der Waals surface area contributed by atoms with Gasteiger partial charge in [-0.05, 0) is 43.2 Å². The Morgan fingerprint density at radius 1 is 1.15 bits per heavy atom. The van der Waals surface area contributed by atoms with E-state index < -0.39 is 23.5 Å². The van der Waals surface area contributed by atoms with Gasteiger partial charge in [-0.25, -0.2) is 8.78 Å². The number of carbonyl (C=O) groups excluding carboxylic acids is 2. The van der Waals surface area contributed by atoms with Gasteiger partial charge in [-0.1, -0.05) is 23.7 Å². The van der Waals surface area contributed by atoms with Crippen molar-refractivity contribution >= 4 is 29.1 Å². The molecule has 1 aliphatic rings. The highest BCUT2D eigenvalue weighted by Crippen LogP contribution is 2.25. The summed E-state index contributed by atoms with van der Waals surface area (Å²) in [6, 6.07) is 9.49. The lowest BCUT2D eigenvalue weighted by molar-refractivity contribution is -0.121. The number of halogens is 3. The summed E-state index contributed by atoms with van der Waals surface area (Å²) in [6.45, 7) is 0.659. The highest BCUT2D eigenvalue weighted by molar-refractivity contribution is 6.33. The van der Waals surface area contributed by atoms with Crippen molar-refractivity contribution in [3.8, 4) is 0 Å². The van der Waals surface area contributed by atoms with E-state index in [9.17, 15) is 18.4 Å². The van der Waals surface area contributed by atoms with Crippen LogP contribution in [0.4, 0.5) is 14.5 Å². The number of hydrogen-bond donors (Lipinski definition) is 1. The van der Waals surface area contributed by atoms with Crippen molar-refractivity contribution in [3.05, 3.63) is 64.7 Å². The molecule has 2 amide bonds. The zero-order valence-electron chi connectivity index (χ0n) is 13.8. The van der Waals surface area contributed by atoms with E-state index in [0.717, 1.165) is 6.07 Å². The van der Waals surface area contributed by atoms with Crippen molar-refractivity contribution in [2.45, 2.75) is 12.8 Å². The maximum Gasteiger partial charge on any atom is 0.256 e. The van der Waals surface area contributed by atoms with Gasteiger partial charge in [-0.15, -0.1) is 0 Å². The fourth-order valence-corrected chi connectivity index (χ4v) is 3.22. The fourth-order valence-electron chi connectivity index (χ4n) is 3.01. The van der Waals surface area contributed by atoms with E-state index in [4.69, 9.17) is 11.6 Å². The Hall–Kier alpha value is -2.47. The average Bonchev–Trinajstić information content (AvgIpc) is 2.64. The Morgan fingerprint density at radius 3 is 2.65 bits per heavy atom. The minimum absolute atomic E-state index is 0.00450. The van der Waals surface area contributed by atoms with Crippen LogP contribution in [-0.2, 0) is 4.79 Å². The number of rotatable bonds is 3. The minimum Gasteiger partial charge on any atom is -0.338 e. The van der Waals surface area contributed by atoms with Crippen LogP contribution in [0.15, 0.2) is 42.5 Å². The summed E-state index contributed by atoms with van der Waals surface area (Å²) in [7, 11) is 0. The van der Waals surface area contributed by atoms with E-state index in [0.29, 0.717) is 25.1 Å². The summed E-state index contributed by atoms with van der Waals surface area (Å²) in [4.78, 5) is 26.5. The zero-order chi connectivity index (χ0) is 18.7. The lowest BCUT2D eigenvalue weighted by atomic mass is 9.96. The molecule has 1 N–H and O–H groups in total. The first-order valence-electron chi connectivity index (χ1n) is 8.25. The van der Waals surface area contributed by atoms with Crippen LogP contribution in [0.3, 0.4) is 0 Å². The van der Waals surface area contributed by atoms with E-state index in [-0.39, 0.29) is 23.0 Å². The molecule has 0 spiro atoms. The van der Waals surface area contributed by atoms with Gasteiger partial charge in [-0.2, -0.15) is 0 Å². The van der Waals surface area contributed by atoms with Crippen molar-refractivity contribution in [2.75, 3.05) is 18.4 Å². The predicted octanol–water partition coefficient (Wildman–Crippen LogP) is 4.11. The van der Waals surface area contributed by atoms with Crippen LogP contribution in [0, 0.1) is 17.6 Å². The molecule has 0 unspecified atom stereocenters. The molecule has 0 bridgehead atoms. The van der Waals surface area contributed by atoms with Gasteiger partial charge in [0.25, 0.3) is 5.91 Å². The Balaban J connectivity index is 1.69. The molecule has 4 nitrogen and oxygen atoms in total. The molecule has 0 saturated carbocycles. The third-order valence-electron chi connectivity index (χ3n) is 4.37. The van der Waals surface area contributed by atoms with E-state index in [2.05, 4.69) is 5.32 Å². The molecule has 136 valence electrons. The van der Waals surface area contributed by atoms with Crippen LogP contribution in [0.5, 0.6) is 0 Å². The van der Waals surface area contributed by atoms with Gasteiger partial charge in [0.1, 0.15) is 11.6 Å². The summed E-state index contributed by atoms with van der Waals surface area (Å²) in [5, 5.41) is 2.77. The second-order valence-corrected chi connectivity index (χ2v) is 6.59. The molecule has 0 aliphatic carbocycles. The van der Waals surface area contributed by atoms with Gasteiger partial charge in [-0.3, -0.25) is 9.59 Å². The summed E-state index contributed by atoms with van der Waals surface area (Å²) < 4.78 is 26.9. The standard InChI is InChI=1S/C19H17ClF2N2O2/c20-15-10-13(21)7-8-17(15)23-18(25)12-4-3-9-24(11-12)19(26)14-5-1-2-6-16(14)22/h1-2,5-8,10,12H,3-4,9,11H2,(H,23,25)/t12-/m0/s1. The number of anilines is 1. The lowest BCUT2D eigenvalue weighted by Crippen LogP contribution is -2.44. The van der Waals surface area contributed by atoms with Crippen LogP contribution in [0.1, 0.15) is 23.2 Å². The highest BCUT2D eigenvalue weighted by atomic mass is 35.5. The van der Waals surface area contributed by atoms with Crippen molar-refractivity contribution in [1.29, 1.82) is 0 Å². The van der Waals surface area contributed by atoms with Gasteiger partial charge in [0.2, 0.25) is 5.91 Å². The summed E-state index contributed by atoms with van der Waals surface area (Å²) in [5.41, 5.74) is 0.311. The number of carbonyl (C=O) groups is 2. The molecule has 2 aromatic rings. The van der Waals surface area contributed by atoms with Crippen molar-refractivity contribution in [2.24, 2.45) is 5.92 Å². The Labute approximate surface area is 154 Å². The SMILES string of the molecule is O=C(Nc1ccc(F)cc1Cl)[C@H]1CCCN(C(=O)c2ccccc2F)C1. The quantitative estimate of drug-likeness (QED) is 0.873. The molecule has 1 aliphatic heterocycles. The van der Waals surface area contributed by atoms with E-state index in [1.54, 1.807) is 6.07 Å². The molecule has 0 aromatic heterocycles. The van der Waals surface area contributed by atoms with Gasteiger partial charge in [0, 0.05) is 13.1 Å². The first-order valence-corrected chi connectivity index (χ1v) is 8.63. The van der Waals surface area contributed by atoms with E-state index in [1.807, 2.05) is 0 Å². The molecule has 3 rings (SSSR count). The predicted molar refractivity (Wildman–Crippen MR) is 95.1 cm³/mol. The Bertz CT molecular complexity index is 844. The van der Waals surface area contributed by atoms with Crippen LogP contribution >= 0.6 is 11.6 Å². The van der Waals surface area contributed by atoms with Crippen LogP contribution in [0.2, 0.25) is 5.02 Å². The van der Waals surface area contributed by atoms with E-state index in [1.165, 1.54) is 35.2 Å². The fraction of sp³-hybridized carbons (Fsp3) is 0.263. The maximum absolute atomic E-state index is 13.8. The van der Waals surface area contributed by atoms with Gasteiger partial charge >= 0.3 is 0 Å². The summed E-state index contributed by atoms with van der Waals surface area (Å²) in [6.07, 6.45) is 1.24. The molecular formula is C19H17ClF2N2O2. The van der Waals surface area contributed by atoms with Crippen LogP contribution < -0.4 is 5.32 Å². The molecule has 1 heterocycles. The van der Waals surface area contributed by atoms with Gasteiger partial charge < -0.3 is 10.2 Å². The van der Waals surface area contributed by atoms with Gasteiger partial charge in [0.05, 0.1) is 22.2 Å². The average molecular weight is 379 g/mol. The molecular weight excluding hydrogens is 362 g/mol. The molecule has 1 fully saturated rings. The highest BCUT2D eigenvalue weighted by Gasteiger charge is 2.30. The van der Waals surface area contributed by atoms with Crippen molar-refractivity contribution in [3.63, 3.8) is 0 Å². The Kier molecular flexibility index (Phi) is 5.52. The lowest BCUT2D eigenvalue weighted by Gasteiger charge is -2.32. The van der Waals surface area contributed by atoms with Crippen LogP contribution in [-0.4, -0.2) is 29.8 Å². The third kappa shape index (κ3) is 4.02. The van der Waals surface area contributed by atoms with Crippen molar-refractivity contribution < 1.29 is 18.4 Å². The number of nitrogens with one attached hydrogen (secondary N) is 1. The smallest absolute Gasteiger partial charge is 0.256 e. The zero-order valence-corrected chi connectivity index (χ0v) is 14.6. The molecule has 2 aromatic carbocycles. The molecule has 1 saturated heterocycles. The second-order valence-electron chi connectivity index (χ2n) is 6.18. The number of hydrogen-bond acceptors (Lipinski definition) is 2. The second kappa shape index (κ2) is 7.83. The van der Waals surface area contributed by atoms with E-state index >= 15 is 0 Å². The number of benzene rings is 2. The van der Waals surface area contributed by atoms with Crippen LogP contribution in [0.25, 0.3) is 0 Å². The Morgan fingerprint density at radius 2 is 1.92 bits per heavy atom. The molecule has 1 atom stereocenters. The normalized spacial score (nSPS) is 17.0. The largest absolute Gasteiger partial charge is 0.338 e. The van der Waals surface area contributed by atoms with Crippen molar-refractivity contribution in [1.82, 2.24) is 4.90 Å². The number of nitrogens with zero attached hydrogens (tertiary/aromatic N) is 1.